The molecule has 1 heterocycles. The van der Waals surface area contributed by atoms with Crippen molar-refractivity contribution in [3.8, 4) is 0 Å². The fourth-order valence-corrected chi connectivity index (χ4v) is 1.76. The highest BCUT2D eigenvalue weighted by Crippen LogP contribution is 2.22. The van der Waals surface area contributed by atoms with E-state index in [1.54, 1.807) is 4.90 Å². The van der Waals surface area contributed by atoms with Crippen molar-refractivity contribution in [2.45, 2.75) is 25.3 Å². The second-order valence-electron chi connectivity index (χ2n) is 3.80. The zero-order chi connectivity index (χ0) is 9.90. The summed E-state index contributed by atoms with van der Waals surface area (Å²) in [6, 6.07) is 0. The molecule has 1 fully saturated rings. The van der Waals surface area contributed by atoms with Crippen LogP contribution in [0.5, 0.6) is 0 Å². The summed E-state index contributed by atoms with van der Waals surface area (Å²) < 4.78 is 4.76. The van der Waals surface area contributed by atoms with Crippen molar-refractivity contribution in [3.05, 3.63) is 0 Å². The van der Waals surface area contributed by atoms with Crippen molar-refractivity contribution in [1.29, 1.82) is 0 Å². The van der Waals surface area contributed by atoms with Crippen LogP contribution in [0, 0.1) is 0 Å². The normalized spacial score (nSPS) is 19.8. The maximum Gasteiger partial charge on any atom is 0.248 e. The molecule has 0 saturated carbocycles. The number of carbonyl (C=O) groups excluding carboxylic acids is 1. The van der Waals surface area contributed by atoms with E-state index in [2.05, 4.69) is 6.92 Å². The van der Waals surface area contributed by atoms with Crippen LogP contribution in [0.15, 0.2) is 0 Å². The molecule has 0 aromatic rings. The number of methoxy groups -OCH3 is 1. The van der Waals surface area contributed by atoms with E-state index in [0.717, 1.165) is 12.8 Å². The Morgan fingerprint density at radius 3 is 2.69 bits per heavy atom. The van der Waals surface area contributed by atoms with Gasteiger partial charge in [0.2, 0.25) is 5.91 Å². The van der Waals surface area contributed by atoms with Crippen molar-refractivity contribution in [1.82, 2.24) is 4.90 Å². The van der Waals surface area contributed by atoms with Gasteiger partial charge in [-0.15, -0.1) is 0 Å². The highest BCUT2D eigenvalue weighted by atomic mass is 16.5. The van der Waals surface area contributed by atoms with Gasteiger partial charge in [0.05, 0.1) is 5.54 Å². The van der Waals surface area contributed by atoms with Crippen LogP contribution in [0.4, 0.5) is 0 Å². The first-order valence-electron chi connectivity index (χ1n) is 4.67. The number of amides is 1. The monoisotopic (exact) mass is 186 g/mol. The van der Waals surface area contributed by atoms with E-state index < -0.39 is 0 Å². The predicted molar refractivity (Wildman–Crippen MR) is 50.3 cm³/mol. The summed E-state index contributed by atoms with van der Waals surface area (Å²) >= 11 is 0. The lowest BCUT2D eigenvalue weighted by Crippen LogP contribution is -2.68. The fraction of sp³-hybridized carbons (Fsp3) is 0.889. The van der Waals surface area contributed by atoms with E-state index in [-0.39, 0.29) is 18.1 Å². The number of rotatable bonds is 4. The van der Waals surface area contributed by atoms with Crippen LogP contribution in [0.25, 0.3) is 0 Å². The van der Waals surface area contributed by atoms with Crippen LogP contribution < -0.4 is 5.73 Å². The molecule has 1 amide bonds. The molecule has 0 unspecified atom stereocenters. The summed E-state index contributed by atoms with van der Waals surface area (Å²) in [4.78, 5) is 13.0. The third-order valence-electron chi connectivity index (χ3n) is 2.38. The number of likely N-dealkylation sites (tertiary alicyclic amines) is 1. The SMILES string of the molecule is CCCC1(N)CN(C(=O)COC)C1. The van der Waals surface area contributed by atoms with Gasteiger partial charge in [0.15, 0.2) is 0 Å². The number of nitrogens with zero attached hydrogens (tertiary/aromatic N) is 1. The largest absolute Gasteiger partial charge is 0.375 e. The van der Waals surface area contributed by atoms with E-state index in [1.165, 1.54) is 7.11 Å². The Hall–Kier alpha value is -0.610. The maximum absolute atomic E-state index is 11.3. The van der Waals surface area contributed by atoms with Crippen molar-refractivity contribution >= 4 is 5.91 Å². The molecule has 0 aromatic heterocycles. The van der Waals surface area contributed by atoms with Crippen LogP contribution in [-0.2, 0) is 9.53 Å². The minimum Gasteiger partial charge on any atom is -0.375 e. The van der Waals surface area contributed by atoms with Gasteiger partial charge in [0.1, 0.15) is 6.61 Å². The first-order valence-corrected chi connectivity index (χ1v) is 4.67. The summed E-state index contributed by atoms with van der Waals surface area (Å²) in [5.41, 5.74) is 5.88. The average molecular weight is 186 g/mol. The van der Waals surface area contributed by atoms with E-state index in [9.17, 15) is 4.79 Å². The van der Waals surface area contributed by atoms with Gasteiger partial charge in [-0.3, -0.25) is 4.79 Å². The number of carbonyl (C=O) groups is 1. The number of hydrogen-bond donors (Lipinski definition) is 1. The van der Waals surface area contributed by atoms with Gasteiger partial charge >= 0.3 is 0 Å². The molecular formula is C9H18N2O2. The number of hydrogen-bond acceptors (Lipinski definition) is 3. The lowest BCUT2D eigenvalue weighted by atomic mass is 9.86. The highest BCUT2D eigenvalue weighted by molar-refractivity contribution is 5.78. The summed E-state index contributed by atoms with van der Waals surface area (Å²) in [5, 5.41) is 0. The molecule has 4 heteroatoms. The maximum atomic E-state index is 11.3. The molecule has 13 heavy (non-hydrogen) atoms. The third kappa shape index (κ3) is 2.42. The summed E-state index contributed by atoms with van der Waals surface area (Å²) in [6.07, 6.45) is 2.06. The van der Waals surface area contributed by atoms with Gasteiger partial charge in [-0.1, -0.05) is 13.3 Å². The minimum atomic E-state index is -0.127. The summed E-state index contributed by atoms with van der Waals surface area (Å²) in [5.74, 6) is 0.0414. The van der Waals surface area contributed by atoms with E-state index in [0.29, 0.717) is 13.1 Å². The lowest BCUT2D eigenvalue weighted by Gasteiger charge is -2.47. The molecule has 4 nitrogen and oxygen atoms in total. The van der Waals surface area contributed by atoms with Gasteiger partial charge in [0, 0.05) is 20.2 Å². The zero-order valence-electron chi connectivity index (χ0n) is 8.38. The van der Waals surface area contributed by atoms with Crippen molar-refractivity contribution < 1.29 is 9.53 Å². The summed E-state index contributed by atoms with van der Waals surface area (Å²) in [6.45, 7) is 3.64. The highest BCUT2D eigenvalue weighted by Gasteiger charge is 2.40. The Balaban J connectivity index is 2.27. The molecule has 0 aliphatic carbocycles. The Morgan fingerprint density at radius 1 is 1.62 bits per heavy atom. The molecule has 1 aliphatic rings. The molecule has 0 spiro atoms. The molecule has 0 bridgehead atoms. The molecule has 1 rings (SSSR count). The fourth-order valence-electron chi connectivity index (χ4n) is 1.76. The second kappa shape index (κ2) is 4.07. The van der Waals surface area contributed by atoms with Crippen LogP contribution in [0.3, 0.4) is 0 Å². The molecule has 1 saturated heterocycles. The van der Waals surface area contributed by atoms with Gasteiger partial charge in [-0.2, -0.15) is 0 Å². The third-order valence-corrected chi connectivity index (χ3v) is 2.38. The quantitative estimate of drug-likeness (QED) is 0.671. The summed E-state index contributed by atoms with van der Waals surface area (Å²) in [7, 11) is 1.53. The molecule has 1 aliphatic heterocycles. The number of ether oxygens (including phenoxy) is 1. The van der Waals surface area contributed by atoms with Gasteiger partial charge in [-0.25, -0.2) is 0 Å². The molecule has 0 atom stereocenters. The first-order chi connectivity index (χ1) is 6.11. The van der Waals surface area contributed by atoms with Gasteiger partial charge in [0.25, 0.3) is 0 Å². The smallest absolute Gasteiger partial charge is 0.248 e. The predicted octanol–water partition coefficient (Wildman–Crippen LogP) is -0.0274. The van der Waals surface area contributed by atoms with Crippen molar-refractivity contribution in [2.24, 2.45) is 5.73 Å². The van der Waals surface area contributed by atoms with Crippen LogP contribution in [0.1, 0.15) is 19.8 Å². The van der Waals surface area contributed by atoms with Gasteiger partial charge < -0.3 is 15.4 Å². The Kier molecular flexibility index (Phi) is 3.27. The topological polar surface area (TPSA) is 55.6 Å². The van der Waals surface area contributed by atoms with Crippen molar-refractivity contribution in [3.63, 3.8) is 0 Å². The van der Waals surface area contributed by atoms with Crippen molar-refractivity contribution in [2.75, 3.05) is 26.8 Å². The molecule has 0 radical (unpaired) electrons. The lowest BCUT2D eigenvalue weighted by molar-refractivity contribution is -0.142. The average Bonchev–Trinajstić information content (AvgIpc) is 2.01. The standard InChI is InChI=1S/C9H18N2O2/c1-3-4-9(10)6-11(7-9)8(12)5-13-2/h3-7,10H2,1-2H3. The minimum absolute atomic E-state index is 0.0414. The molecule has 0 aromatic carbocycles. The Labute approximate surface area is 79.0 Å². The first kappa shape index (κ1) is 10.5. The number of nitrogens with two attached hydrogens (primary N) is 1. The zero-order valence-corrected chi connectivity index (χ0v) is 8.38. The Bertz CT molecular complexity index is 188. The van der Waals surface area contributed by atoms with E-state index >= 15 is 0 Å². The molecule has 76 valence electrons. The van der Waals surface area contributed by atoms with E-state index in [4.69, 9.17) is 10.5 Å². The Morgan fingerprint density at radius 2 is 2.23 bits per heavy atom. The van der Waals surface area contributed by atoms with Crippen LogP contribution in [0.2, 0.25) is 0 Å². The molecule has 2 N–H and O–H groups in total. The van der Waals surface area contributed by atoms with Crippen LogP contribution in [-0.4, -0.2) is 43.2 Å². The van der Waals surface area contributed by atoms with Crippen LogP contribution >= 0.6 is 0 Å². The second-order valence-corrected chi connectivity index (χ2v) is 3.80. The van der Waals surface area contributed by atoms with E-state index in [1.807, 2.05) is 0 Å². The van der Waals surface area contributed by atoms with Gasteiger partial charge in [-0.05, 0) is 6.42 Å². The molecular weight excluding hydrogens is 168 g/mol.